The molecule has 0 atom stereocenters. The monoisotopic (exact) mass is 470 g/mol. The highest BCUT2D eigenvalue weighted by Crippen LogP contribution is 2.24. The summed E-state index contributed by atoms with van der Waals surface area (Å²) in [5.41, 5.74) is 3.61. The molecule has 0 spiro atoms. The summed E-state index contributed by atoms with van der Waals surface area (Å²) in [7, 11) is 0.517. The van der Waals surface area contributed by atoms with Crippen LogP contribution in [0.3, 0.4) is 0 Å². The molecular formula is C28H18N4O2Si. The number of benzene rings is 4. The molecule has 166 valence electrons. The van der Waals surface area contributed by atoms with E-state index in [0.717, 1.165) is 22.3 Å². The molecule has 0 aliphatic carbocycles. The first-order valence-corrected chi connectivity index (χ1v) is 12.1. The number of hydrogen-bond donors (Lipinski definition) is 0. The van der Waals surface area contributed by atoms with Gasteiger partial charge in [0.25, 0.3) is 0 Å². The van der Waals surface area contributed by atoms with Gasteiger partial charge in [0.15, 0.2) is 0 Å². The third-order valence-corrected chi connectivity index (χ3v) is 6.69. The Morgan fingerprint density at radius 2 is 0.686 bits per heavy atom. The maximum atomic E-state index is 5.86. The highest BCUT2D eigenvalue weighted by atomic mass is 28.2. The maximum absolute atomic E-state index is 5.86. The van der Waals surface area contributed by atoms with Crippen molar-refractivity contribution in [2.75, 3.05) is 0 Å². The van der Waals surface area contributed by atoms with Crippen LogP contribution in [-0.4, -0.2) is 29.9 Å². The van der Waals surface area contributed by atoms with Gasteiger partial charge < -0.3 is 8.83 Å². The Morgan fingerprint density at radius 1 is 0.371 bits per heavy atom. The van der Waals surface area contributed by atoms with E-state index in [4.69, 9.17) is 8.83 Å². The van der Waals surface area contributed by atoms with Crippen molar-refractivity contribution >= 4 is 19.9 Å². The first-order valence-electron chi connectivity index (χ1n) is 11.1. The summed E-state index contributed by atoms with van der Waals surface area (Å²) in [4.78, 5) is 0. The van der Waals surface area contributed by atoms with E-state index in [-0.39, 0.29) is 0 Å². The molecule has 4 aromatic carbocycles. The molecule has 0 saturated carbocycles. The number of rotatable bonds is 6. The summed E-state index contributed by atoms with van der Waals surface area (Å²) >= 11 is 0. The van der Waals surface area contributed by atoms with Crippen LogP contribution in [0, 0.1) is 0 Å². The Balaban J connectivity index is 1.14. The molecule has 0 fully saturated rings. The summed E-state index contributed by atoms with van der Waals surface area (Å²) in [6.45, 7) is 0. The van der Waals surface area contributed by atoms with E-state index in [1.165, 1.54) is 10.4 Å². The second-order valence-electron chi connectivity index (χ2n) is 7.84. The molecule has 0 saturated heterocycles. The standard InChI is InChI=1S/C28H18N4O2Si/c1-3-7-19(8-4-1)25-29-31-27(33-25)21-11-15-23(16-12-21)35-24-17-13-22(14-18-24)28-32-30-26(34-28)20-9-5-2-6-10-20/h1-18H. The van der Waals surface area contributed by atoms with E-state index < -0.39 is 0 Å². The fourth-order valence-corrected chi connectivity index (χ4v) is 4.63. The van der Waals surface area contributed by atoms with Crippen molar-refractivity contribution in [3.8, 4) is 45.8 Å². The highest BCUT2D eigenvalue weighted by Gasteiger charge is 2.12. The zero-order valence-electron chi connectivity index (χ0n) is 18.5. The van der Waals surface area contributed by atoms with Gasteiger partial charge in [-0.25, -0.2) is 0 Å². The predicted octanol–water partition coefficient (Wildman–Crippen LogP) is 4.78. The Labute approximate surface area is 204 Å². The lowest BCUT2D eigenvalue weighted by Gasteiger charge is -2.03. The van der Waals surface area contributed by atoms with Gasteiger partial charge in [-0.15, -0.1) is 20.4 Å². The zero-order chi connectivity index (χ0) is 23.5. The quantitative estimate of drug-likeness (QED) is 0.326. The molecule has 35 heavy (non-hydrogen) atoms. The summed E-state index contributed by atoms with van der Waals surface area (Å²) in [5.74, 6) is 2.06. The molecule has 0 amide bonds. The van der Waals surface area contributed by atoms with Crippen LogP contribution in [0.4, 0.5) is 0 Å². The van der Waals surface area contributed by atoms with Crippen LogP contribution in [0.1, 0.15) is 0 Å². The van der Waals surface area contributed by atoms with Crippen molar-refractivity contribution in [2.45, 2.75) is 0 Å². The van der Waals surface area contributed by atoms with Crippen molar-refractivity contribution in [1.29, 1.82) is 0 Å². The molecule has 2 heterocycles. The van der Waals surface area contributed by atoms with Crippen LogP contribution in [0.2, 0.25) is 0 Å². The van der Waals surface area contributed by atoms with E-state index in [2.05, 4.69) is 44.7 Å². The van der Waals surface area contributed by atoms with Gasteiger partial charge >= 0.3 is 0 Å². The SMILES string of the molecule is c1ccc(-c2nnc(-c3ccc([Si]c4ccc(-c5nnc(-c6ccccc6)o5)cc4)cc3)o2)cc1. The van der Waals surface area contributed by atoms with Crippen LogP contribution < -0.4 is 10.4 Å². The molecule has 0 bridgehead atoms. The molecular weight excluding hydrogens is 452 g/mol. The molecule has 0 N–H and O–H groups in total. The zero-order valence-corrected chi connectivity index (χ0v) is 19.5. The molecule has 0 unspecified atom stereocenters. The van der Waals surface area contributed by atoms with Crippen molar-refractivity contribution in [3.05, 3.63) is 109 Å². The summed E-state index contributed by atoms with van der Waals surface area (Å²) < 4.78 is 11.7. The Bertz CT molecular complexity index is 1430. The van der Waals surface area contributed by atoms with E-state index in [1.54, 1.807) is 0 Å². The van der Waals surface area contributed by atoms with Crippen molar-refractivity contribution in [3.63, 3.8) is 0 Å². The minimum atomic E-state index is 0.512. The van der Waals surface area contributed by atoms with Gasteiger partial charge in [-0.3, -0.25) is 0 Å². The van der Waals surface area contributed by atoms with Crippen LogP contribution >= 0.6 is 0 Å². The fourth-order valence-electron chi connectivity index (χ4n) is 3.63. The largest absolute Gasteiger partial charge is 0.416 e. The fraction of sp³-hybridized carbons (Fsp3) is 0. The third-order valence-electron chi connectivity index (χ3n) is 5.44. The Kier molecular flexibility index (Phi) is 5.58. The molecule has 6 nitrogen and oxygen atoms in total. The lowest BCUT2D eigenvalue weighted by atomic mass is 10.2. The van der Waals surface area contributed by atoms with Crippen LogP contribution in [0.15, 0.2) is 118 Å². The number of hydrogen-bond acceptors (Lipinski definition) is 6. The molecule has 2 radical (unpaired) electrons. The van der Waals surface area contributed by atoms with E-state index in [9.17, 15) is 0 Å². The lowest BCUT2D eigenvalue weighted by Crippen LogP contribution is -2.26. The molecule has 0 aliphatic heterocycles. The van der Waals surface area contributed by atoms with Gasteiger partial charge in [0.2, 0.25) is 23.6 Å². The average Bonchev–Trinajstić information content (AvgIpc) is 3.62. The molecule has 2 aromatic heterocycles. The smallest absolute Gasteiger partial charge is 0.248 e. The average molecular weight is 471 g/mol. The third kappa shape index (κ3) is 4.57. The second kappa shape index (κ2) is 9.32. The van der Waals surface area contributed by atoms with Gasteiger partial charge in [0.05, 0.1) is 0 Å². The van der Waals surface area contributed by atoms with Gasteiger partial charge in [-0.2, -0.15) is 0 Å². The first-order chi connectivity index (χ1) is 17.3. The number of aromatic nitrogens is 4. The minimum absolute atomic E-state index is 0.512. The molecule has 0 aliphatic rings. The topological polar surface area (TPSA) is 77.8 Å². The van der Waals surface area contributed by atoms with E-state index >= 15 is 0 Å². The lowest BCUT2D eigenvalue weighted by molar-refractivity contribution is 0.584. The van der Waals surface area contributed by atoms with Crippen molar-refractivity contribution < 1.29 is 8.83 Å². The Hall–Kier alpha value is -4.62. The first kappa shape index (κ1) is 20.9. The van der Waals surface area contributed by atoms with Gasteiger partial charge in [-0.05, 0) is 48.5 Å². The maximum Gasteiger partial charge on any atom is 0.248 e. The summed E-state index contributed by atoms with van der Waals surface area (Å²) in [6, 6.07) is 36.0. The van der Waals surface area contributed by atoms with Gasteiger partial charge in [-0.1, -0.05) is 71.0 Å². The predicted molar refractivity (Wildman–Crippen MR) is 135 cm³/mol. The van der Waals surface area contributed by atoms with Crippen LogP contribution in [0.25, 0.3) is 45.8 Å². The van der Waals surface area contributed by atoms with Crippen LogP contribution in [-0.2, 0) is 0 Å². The highest BCUT2D eigenvalue weighted by molar-refractivity contribution is 6.67. The van der Waals surface area contributed by atoms with Gasteiger partial charge in [0, 0.05) is 22.3 Å². The van der Waals surface area contributed by atoms with Crippen molar-refractivity contribution in [1.82, 2.24) is 20.4 Å². The minimum Gasteiger partial charge on any atom is -0.416 e. The normalized spacial score (nSPS) is 11.0. The van der Waals surface area contributed by atoms with Gasteiger partial charge in [0.1, 0.15) is 9.52 Å². The molecule has 6 aromatic rings. The molecule has 6 rings (SSSR count). The molecule has 7 heteroatoms. The second-order valence-corrected chi connectivity index (χ2v) is 9.24. The Morgan fingerprint density at radius 3 is 1.03 bits per heavy atom. The van der Waals surface area contributed by atoms with Crippen LogP contribution in [0.5, 0.6) is 0 Å². The number of nitrogens with zero attached hydrogens (tertiary/aromatic N) is 4. The van der Waals surface area contributed by atoms with Crippen molar-refractivity contribution in [2.24, 2.45) is 0 Å². The summed E-state index contributed by atoms with van der Waals surface area (Å²) in [5, 5.41) is 19.2. The summed E-state index contributed by atoms with van der Waals surface area (Å²) in [6.07, 6.45) is 0. The van der Waals surface area contributed by atoms with E-state index in [1.807, 2.05) is 84.9 Å². The van der Waals surface area contributed by atoms with E-state index in [0.29, 0.717) is 33.1 Å².